The number of hydrogen-bond acceptors (Lipinski definition) is 1. The molecule has 1 nitrogen and oxygen atoms in total. The number of furan rings is 1. The molecule has 1 aromatic heterocycles. The summed E-state index contributed by atoms with van der Waals surface area (Å²) in [7, 11) is 0. The Bertz CT molecular complexity index is 398. The van der Waals surface area contributed by atoms with Gasteiger partial charge in [0.25, 0.3) is 0 Å². The third kappa shape index (κ3) is 1.82. The fourth-order valence-electron chi connectivity index (χ4n) is 0.858. The molecule has 0 N–H and O–H groups in total. The minimum Gasteiger partial charge on any atom is -0.463 e. The van der Waals surface area contributed by atoms with Crippen LogP contribution in [-0.2, 0) is 0 Å². The van der Waals surface area contributed by atoms with E-state index in [0.29, 0.717) is 10.4 Å². The van der Waals surface area contributed by atoms with Crippen molar-refractivity contribution in [1.29, 1.82) is 0 Å². The summed E-state index contributed by atoms with van der Waals surface area (Å²) in [6.45, 7) is 5.50. The highest BCUT2D eigenvalue weighted by molar-refractivity contribution is 9.14. The van der Waals surface area contributed by atoms with E-state index in [1.54, 1.807) is 12.3 Å². The lowest BCUT2D eigenvalue weighted by molar-refractivity contribution is 0.530. The molecule has 3 heteroatoms. The van der Waals surface area contributed by atoms with E-state index >= 15 is 0 Å². The average molecular weight is 248 g/mol. The molecule has 0 aliphatic heterocycles. The molecule has 64 valence electrons. The molecule has 0 spiro atoms. The lowest BCUT2D eigenvalue weighted by Gasteiger charge is -1.85. The topological polar surface area (TPSA) is 13.1 Å². The molecule has 1 heterocycles. The average Bonchev–Trinajstić information content (AvgIpc) is 2.50. The zero-order valence-electron chi connectivity index (χ0n) is 6.60. The van der Waals surface area contributed by atoms with Crippen LogP contribution in [0.15, 0.2) is 29.4 Å². The number of allylic oxidation sites excluding steroid dienone is 1. The van der Waals surface area contributed by atoms with Gasteiger partial charge in [0.05, 0.1) is 11.3 Å². The third-order valence-electron chi connectivity index (χ3n) is 1.43. The lowest BCUT2D eigenvalue weighted by Crippen LogP contribution is -2.21. The maximum Gasteiger partial charge on any atom is 0.153 e. The van der Waals surface area contributed by atoms with Crippen molar-refractivity contribution >= 4 is 37.0 Å². The molecule has 1 rings (SSSR count). The first-order valence-corrected chi connectivity index (χ1v) is 4.56. The van der Waals surface area contributed by atoms with Gasteiger partial charge in [0, 0.05) is 9.70 Å². The van der Waals surface area contributed by atoms with Crippen LogP contribution in [0.5, 0.6) is 0 Å². The molecule has 0 saturated carbocycles. The SMILES string of the molecule is C=C/C(Cl)=c1/occ/c1=C(/C)Br. The van der Waals surface area contributed by atoms with E-state index in [1.165, 1.54) is 0 Å². The fourth-order valence-corrected chi connectivity index (χ4v) is 1.32. The van der Waals surface area contributed by atoms with Gasteiger partial charge in [0.15, 0.2) is 5.42 Å². The Labute approximate surface area is 84.2 Å². The van der Waals surface area contributed by atoms with Gasteiger partial charge in [0.1, 0.15) is 0 Å². The van der Waals surface area contributed by atoms with Gasteiger partial charge in [-0.1, -0.05) is 34.1 Å². The van der Waals surface area contributed by atoms with Gasteiger partial charge in [-0.25, -0.2) is 0 Å². The quantitative estimate of drug-likeness (QED) is 0.742. The summed E-state index contributed by atoms with van der Waals surface area (Å²) in [6.07, 6.45) is 3.15. The second-order valence-corrected chi connectivity index (χ2v) is 3.85. The van der Waals surface area contributed by atoms with Gasteiger partial charge >= 0.3 is 0 Å². The molecular weight excluding hydrogens is 239 g/mol. The largest absolute Gasteiger partial charge is 0.463 e. The summed E-state index contributed by atoms with van der Waals surface area (Å²) < 4.78 is 6.18. The Kier molecular flexibility index (Phi) is 3.18. The van der Waals surface area contributed by atoms with Crippen LogP contribution in [0, 0.1) is 0 Å². The van der Waals surface area contributed by atoms with Gasteiger partial charge in [-0.15, -0.1) is 0 Å². The molecule has 0 amide bonds. The van der Waals surface area contributed by atoms with Gasteiger partial charge in [-0.05, 0) is 19.1 Å². The maximum atomic E-state index is 5.85. The molecule has 0 saturated heterocycles. The van der Waals surface area contributed by atoms with E-state index in [-0.39, 0.29) is 0 Å². The van der Waals surface area contributed by atoms with Gasteiger partial charge in [0.2, 0.25) is 0 Å². The van der Waals surface area contributed by atoms with E-state index < -0.39 is 0 Å². The van der Waals surface area contributed by atoms with Crippen LogP contribution in [0.3, 0.4) is 0 Å². The molecule has 0 aliphatic rings. The van der Waals surface area contributed by atoms with Crippen molar-refractivity contribution in [3.63, 3.8) is 0 Å². The number of hydrogen-bond donors (Lipinski definition) is 0. The highest BCUT2D eigenvalue weighted by atomic mass is 79.9. The zero-order chi connectivity index (χ0) is 9.14. The Balaban J connectivity index is 3.68. The van der Waals surface area contributed by atoms with Crippen molar-refractivity contribution in [2.45, 2.75) is 6.92 Å². The first kappa shape index (κ1) is 9.62. The molecular formula is C9H8BrClO. The van der Waals surface area contributed by atoms with Crippen LogP contribution in [0.1, 0.15) is 6.92 Å². The molecule has 12 heavy (non-hydrogen) atoms. The van der Waals surface area contributed by atoms with Crippen LogP contribution in [0.4, 0.5) is 0 Å². The van der Waals surface area contributed by atoms with E-state index in [2.05, 4.69) is 22.5 Å². The van der Waals surface area contributed by atoms with Crippen LogP contribution in [-0.4, -0.2) is 0 Å². The predicted octanol–water partition coefficient (Wildman–Crippen LogP) is 2.34. The summed E-state index contributed by atoms with van der Waals surface area (Å²) in [4.78, 5) is 0. The van der Waals surface area contributed by atoms with Crippen molar-refractivity contribution in [2.75, 3.05) is 0 Å². The molecule has 0 bridgehead atoms. The van der Waals surface area contributed by atoms with Crippen LogP contribution >= 0.6 is 27.5 Å². The molecule has 0 aliphatic carbocycles. The Morgan fingerprint density at radius 2 is 2.42 bits per heavy atom. The first-order valence-electron chi connectivity index (χ1n) is 3.39. The summed E-state index contributed by atoms with van der Waals surface area (Å²) in [6, 6.07) is 1.85. The summed E-state index contributed by atoms with van der Waals surface area (Å²) in [5.74, 6) is 0. The van der Waals surface area contributed by atoms with Crippen molar-refractivity contribution in [3.05, 3.63) is 35.6 Å². The monoisotopic (exact) mass is 246 g/mol. The highest BCUT2D eigenvalue weighted by Crippen LogP contribution is 2.02. The smallest absolute Gasteiger partial charge is 0.153 e. The van der Waals surface area contributed by atoms with Crippen LogP contribution in [0.25, 0.3) is 9.51 Å². The fraction of sp³-hybridized carbons (Fsp3) is 0.111. The standard InChI is InChI=1S/C9H8BrClO/c1-3-8(11)9-7(6(2)10)4-5-12-9/h3-5H,1H2,2H3/b7-6+,9-8-. The second kappa shape index (κ2) is 3.97. The Morgan fingerprint density at radius 1 is 1.75 bits per heavy atom. The highest BCUT2D eigenvalue weighted by Gasteiger charge is 1.96. The second-order valence-electron chi connectivity index (χ2n) is 2.25. The van der Waals surface area contributed by atoms with Crippen LogP contribution in [0.2, 0.25) is 0 Å². The molecule has 1 aromatic rings. The van der Waals surface area contributed by atoms with E-state index in [4.69, 9.17) is 16.0 Å². The summed E-state index contributed by atoms with van der Waals surface area (Å²) in [5, 5.41) is 1.48. The summed E-state index contributed by atoms with van der Waals surface area (Å²) >= 11 is 9.21. The first-order chi connectivity index (χ1) is 5.66. The van der Waals surface area contributed by atoms with Crippen LogP contribution < -0.4 is 10.6 Å². The lowest BCUT2D eigenvalue weighted by atomic mass is 10.4. The van der Waals surface area contributed by atoms with Crippen molar-refractivity contribution in [3.8, 4) is 0 Å². The molecule has 0 aromatic carbocycles. The number of halogens is 2. The zero-order valence-corrected chi connectivity index (χ0v) is 8.95. The van der Waals surface area contributed by atoms with E-state index in [1.807, 2.05) is 13.0 Å². The van der Waals surface area contributed by atoms with Gasteiger partial charge in [-0.3, -0.25) is 0 Å². The molecule has 0 atom stereocenters. The summed E-state index contributed by atoms with van der Waals surface area (Å²) in [5.41, 5.74) is 0.654. The minimum absolute atomic E-state index is 0.522. The third-order valence-corrected chi connectivity index (χ3v) is 2.19. The Hall–Kier alpha value is -0.470. The van der Waals surface area contributed by atoms with E-state index in [0.717, 1.165) is 9.70 Å². The predicted molar refractivity (Wildman–Crippen MR) is 55.4 cm³/mol. The minimum atomic E-state index is 0.522. The molecule has 0 radical (unpaired) electrons. The van der Waals surface area contributed by atoms with Crippen molar-refractivity contribution in [2.24, 2.45) is 0 Å². The maximum absolute atomic E-state index is 5.85. The van der Waals surface area contributed by atoms with Gasteiger partial charge < -0.3 is 4.42 Å². The Morgan fingerprint density at radius 3 is 2.92 bits per heavy atom. The van der Waals surface area contributed by atoms with Crippen molar-refractivity contribution < 1.29 is 4.42 Å². The molecule has 0 fully saturated rings. The number of rotatable bonds is 1. The normalized spacial score (nSPS) is 15.6. The van der Waals surface area contributed by atoms with Crippen molar-refractivity contribution in [1.82, 2.24) is 0 Å². The van der Waals surface area contributed by atoms with E-state index in [9.17, 15) is 0 Å². The molecule has 0 unspecified atom stereocenters. The van der Waals surface area contributed by atoms with Gasteiger partial charge in [-0.2, -0.15) is 0 Å².